The standard InChI is InChI=1S/C20H23FN2O4/c21-17-3-1-2-4-18(17)23-9-7-22(8-10-23)12-15(24)13-25-16-5-6-19-20(11-16)27-14-26-19/h1-6,11,15,24H,7-10,12-14H2/t15-/m1/s1. The number of rotatable bonds is 6. The summed E-state index contributed by atoms with van der Waals surface area (Å²) in [5.41, 5.74) is 0.642. The van der Waals surface area contributed by atoms with Gasteiger partial charge in [-0.25, -0.2) is 4.39 Å². The summed E-state index contributed by atoms with van der Waals surface area (Å²) in [6, 6.07) is 12.2. The van der Waals surface area contributed by atoms with Gasteiger partial charge in [-0.15, -0.1) is 0 Å². The predicted molar refractivity (Wildman–Crippen MR) is 99.1 cm³/mol. The highest BCUT2D eigenvalue weighted by molar-refractivity contribution is 5.48. The van der Waals surface area contributed by atoms with E-state index in [-0.39, 0.29) is 19.2 Å². The first-order valence-electron chi connectivity index (χ1n) is 9.11. The van der Waals surface area contributed by atoms with Crippen molar-refractivity contribution < 1.29 is 23.7 Å². The molecule has 2 heterocycles. The Hall–Kier alpha value is -2.51. The Morgan fingerprint density at radius 1 is 1.04 bits per heavy atom. The van der Waals surface area contributed by atoms with Gasteiger partial charge in [0.05, 0.1) is 5.69 Å². The Morgan fingerprint density at radius 3 is 2.63 bits per heavy atom. The molecule has 1 fully saturated rings. The summed E-state index contributed by atoms with van der Waals surface area (Å²) in [7, 11) is 0. The number of para-hydroxylation sites is 1. The first-order valence-corrected chi connectivity index (χ1v) is 9.11. The van der Waals surface area contributed by atoms with Gasteiger partial charge in [-0.1, -0.05) is 12.1 Å². The smallest absolute Gasteiger partial charge is 0.231 e. The first-order chi connectivity index (χ1) is 13.2. The molecule has 1 atom stereocenters. The highest BCUT2D eigenvalue weighted by Gasteiger charge is 2.21. The van der Waals surface area contributed by atoms with Crippen LogP contribution in [-0.2, 0) is 0 Å². The lowest BCUT2D eigenvalue weighted by Crippen LogP contribution is -2.49. The normalized spacial score (nSPS) is 17.8. The molecule has 6 nitrogen and oxygen atoms in total. The molecule has 0 bridgehead atoms. The zero-order valence-electron chi connectivity index (χ0n) is 15.0. The van der Waals surface area contributed by atoms with Gasteiger partial charge < -0.3 is 24.2 Å². The molecule has 0 radical (unpaired) electrons. The monoisotopic (exact) mass is 374 g/mol. The zero-order valence-corrected chi connectivity index (χ0v) is 15.0. The fraction of sp³-hybridized carbons (Fsp3) is 0.400. The number of anilines is 1. The molecule has 2 aromatic rings. The quantitative estimate of drug-likeness (QED) is 0.836. The molecule has 2 aromatic carbocycles. The van der Waals surface area contributed by atoms with E-state index in [1.807, 2.05) is 11.0 Å². The lowest BCUT2D eigenvalue weighted by Gasteiger charge is -2.36. The summed E-state index contributed by atoms with van der Waals surface area (Å²) in [4.78, 5) is 4.21. The summed E-state index contributed by atoms with van der Waals surface area (Å²) in [5.74, 6) is 1.81. The Kier molecular flexibility index (Phi) is 5.31. The third-order valence-corrected chi connectivity index (χ3v) is 4.82. The second kappa shape index (κ2) is 8.02. The Balaban J connectivity index is 1.22. The number of aliphatic hydroxyl groups is 1. The second-order valence-corrected chi connectivity index (χ2v) is 6.72. The minimum absolute atomic E-state index is 0.192. The van der Waals surface area contributed by atoms with E-state index >= 15 is 0 Å². The number of halogens is 1. The zero-order chi connectivity index (χ0) is 18.6. The molecule has 7 heteroatoms. The average Bonchev–Trinajstić information content (AvgIpc) is 3.15. The third-order valence-electron chi connectivity index (χ3n) is 4.82. The largest absolute Gasteiger partial charge is 0.491 e. The summed E-state index contributed by atoms with van der Waals surface area (Å²) in [6.07, 6.45) is -0.601. The van der Waals surface area contributed by atoms with Crippen molar-refractivity contribution in [2.24, 2.45) is 0 Å². The van der Waals surface area contributed by atoms with Crippen molar-refractivity contribution in [2.45, 2.75) is 6.10 Å². The fourth-order valence-electron chi connectivity index (χ4n) is 3.39. The number of piperazine rings is 1. The van der Waals surface area contributed by atoms with Crippen molar-refractivity contribution in [1.82, 2.24) is 4.90 Å². The van der Waals surface area contributed by atoms with E-state index in [1.165, 1.54) is 6.07 Å². The van der Waals surface area contributed by atoms with Crippen LogP contribution in [0.2, 0.25) is 0 Å². The fourth-order valence-corrected chi connectivity index (χ4v) is 3.39. The van der Waals surface area contributed by atoms with Crippen LogP contribution in [0, 0.1) is 5.82 Å². The van der Waals surface area contributed by atoms with Crippen LogP contribution in [-0.4, -0.2) is 62.2 Å². The van der Waals surface area contributed by atoms with E-state index in [0.717, 1.165) is 26.2 Å². The molecular weight excluding hydrogens is 351 g/mol. The topological polar surface area (TPSA) is 54.4 Å². The number of hydrogen-bond donors (Lipinski definition) is 1. The maximum absolute atomic E-state index is 13.9. The summed E-state index contributed by atoms with van der Waals surface area (Å²) in [6.45, 7) is 3.96. The van der Waals surface area contributed by atoms with Crippen molar-refractivity contribution in [3.05, 3.63) is 48.3 Å². The molecule has 27 heavy (non-hydrogen) atoms. The van der Waals surface area contributed by atoms with Crippen LogP contribution in [0.15, 0.2) is 42.5 Å². The van der Waals surface area contributed by atoms with Crippen LogP contribution in [0.25, 0.3) is 0 Å². The molecule has 2 aliphatic heterocycles. The Labute approximate surface area is 157 Å². The number of nitrogens with zero attached hydrogens (tertiary/aromatic N) is 2. The van der Waals surface area contributed by atoms with E-state index in [2.05, 4.69) is 4.90 Å². The molecule has 2 aliphatic rings. The molecule has 144 valence electrons. The van der Waals surface area contributed by atoms with Crippen LogP contribution in [0.1, 0.15) is 0 Å². The van der Waals surface area contributed by atoms with E-state index in [0.29, 0.717) is 29.5 Å². The van der Waals surface area contributed by atoms with Gasteiger partial charge in [-0.2, -0.15) is 0 Å². The molecule has 0 amide bonds. The summed E-state index contributed by atoms with van der Waals surface area (Å²) in [5, 5.41) is 10.3. The van der Waals surface area contributed by atoms with Gasteiger partial charge in [0.15, 0.2) is 11.5 Å². The van der Waals surface area contributed by atoms with Crippen molar-refractivity contribution in [2.75, 3.05) is 51.0 Å². The van der Waals surface area contributed by atoms with Crippen molar-refractivity contribution in [3.8, 4) is 17.2 Å². The van der Waals surface area contributed by atoms with E-state index < -0.39 is 6.10 Å². The molecule has 0 aromatic heterocycles. The van der Waals surface area contributed by atoms with Crippen LogP contribution in [0.5, 0.6) is 17.2 Å². The van der Waals surface area contributed by atoms with Crippen LogP contribution in [0.3, 0.4) is 0 Å². The number of hydrogen-bond acceptors (Lipinski definition) is 6. The lowest BCUT2D eigenvalue weighted by atomic mass is 10.2. The van der Waals surface area contributed by atoms with Gasteiger partial charge in [0, 0.05) is 38.8 Å². The highest BCUT2D eigenvalue weighted by Crippen LogP contribution is 2.35. The second-order valence-electron chi connectivity index (χ2n) is 6.72. The Morgan fingerprint density at radius 2 is 1.81 bits per heavy atom. The Bertz CT molecular complexity index is 780. The molecule has 0 aliphatic carbocycles. The maximum atomic E-state index is 13.9. The molecule has 0 unspecified atom stereocenters. The van der Waals surface area contributed by atoms with Gasteiger partial charge in [-0.05, 0) is 24.3 Å². The van der Waals surface area contributed by atoms with Gasteiger partial charge in [0.1, 0.15) is 24.3 Å². The van der Waals surface area contributed by atoms with Gasteiger partial charge in [0.2, 0.25) is 6.79 Å². The van der Waals surface area contributed by atoms with E-state index in [1.54, 1.807) is 30.3 Å². The molecular formula is C20H23FN2O4. The van der Waals surface area contributed by atoms with Gasteiger partial charge in [0.25, 0.3) is 0 Å². The highest BCUT2D eigenvalue weighted by atomic mass is 19.1. The van der Waals surface area contributed by atoms with E-state index in [4.69, 9.17) is 14.2 Å². The first kappa shape index (κ1) is 17.9. The van der Waals surface area contributed by atoms with Crippen LogP contribution >= 0.6 is 0 Å². The SMILES string of the molecule is O[C@@H](COc1ccc2c(c1)OCO2)CN1CCN(c2ccccc2F)CC1. The maximum Gasteiger partial charge on any atom is 0.231 e. The van der Waals surface area contributed by atoms with Gasteiger partial charge >= 0.3 is 0 Å². The van der Waals surface area contributed by atoms with E-state index in [9.17, 15) is 9.50 Å². The van der Waals surface area contributed by atoms with Crippen molar-refractivity contribution >= 4 is 5.69 Å². The number of aliphatic hydroxyl groups excluding tert-OH is 1. The minimum Gasteiger partial charge on any atom is -0.491 e. The molecule has 0 spiro atoms. The van der Waals surface area contributed by atoms with Crippen LogP contribution in [0.4, 0.5) is 10.1 Å². The number of β-amino-alcohol motifs (C(OH)–C–C–N with tert-alkyl or cyclic N) is 1. The molecule has 4 rings (SSSR count). The molecule has 0 saturated carbocycles. The number of benzene rings is 2. The number of fused-ring (bicyclic) bond motifs is 1. The van der Waals surface area contributed by atoms with Crippen molar-refractivity contribution in [3.63, 3.8) is 0 Å². The van der Waals surface area contributed by atoms with Crippen molar-refractivity contribution in [1.29, 1.82) is 0 Å². The molecule has 1 saturated heterocycles. The third kappa shape index (κ3) is 4.26. The molecule has 1 N–H and O–H groups in total. The van der Waals surface area contributed by atoms with Gasteiger partial charge in [-0.3, -0.25) is 4.90 Å². The summed E-state index contributed by atoms with van der Waals surface area (Å²) >= 11 is 0. The predicted octanol–water partition coefficient (Wildman–Crippen LogP) is 2.12. The number of ether oxygens (including phenoxy) is 3. The lowest BCUT2D eigenvalue weighted by molar-refractivity contribution is 0.0662. The summed E-state index contributed by atoms with van der Waals surface area (Å²) < 4.78 is 30.2. The minimum atomic E-state index is -0.601. The average molecular weight is 374 g/mol. The van der Waals surface area contributed by atoms with Crippen LogP contribution < -0.4 is 19.1 Å².